The van der Waals surface area contributed by atoms with E-state index in [1.807, 2.05) is 0 Å². The molecule has 1 heterocycles. The number of hydrogen-bond acceptors (Lipinski definition) is 3. The van der Waals surface area contributed by atoms with Gasteiger partial charge in [0.15, 0.2) is 0 Å². The van der Waals surface area contributed by atoms with Crippen LogP contribution in [0.15, 0.2) is 18.2 Å². The number of carbonyl (C=O) groups is 1. The summed E-state index contributed by atoms with van der Waals surface area (Å²) in [6, 6.07) is 4.49. The summed E-state index contributed by atoms with van der Waals surface area (Å²) in [5.74, 6) is -1.06. The van der Waals surface area contributed by atoms with Crippen molar-refractivity contribution in [1.29, 1.82) is 0 Å². The van der Waals surface area contributed by atoms with Crippen molar-refractivity contribution < 1.29 is 14.6 Å². The summed E-state index contributed by atoms with van der Waals surface area (Å²) in [5.41, 5.74) is 6.53. The van der Waals surface area contributed by atoms with Crippen molar-refractivity contribution in [2.75, 3.05) is 6.61 Å². The van der Waals surface area contributed by atoms with E-state index in [1.54, 1.807) is 18.2 Å². The van der Waals surface area contributed by atoms with Gasteiger partial charge in [0.25, 0.3) is 0 Å². The summed E-state index contributed by atoms with van der Waals surface area (Å²) in [7, 11) is 0. The minimum Gasteiger partial charge on any atom is -0.492 e. The van der Waals surface area contributed by atoms with E-state index in [9.17, 15) is 4.79 Å². The van der Waals surface area contributed by atoms with Gasteiger partial charge in [-0.15, -0.1) is 0 Å². The number of hydrogen-bond donors (Lipinski definition) is 2. The van der Waals surface area contributed by atoms with Crippen molar-refractivity contribution in [3.63, 3.8) is 0 Å². The van der Waals surface area contributed by atoms with Gasteiger partial charge in [-0.05, 0) is 12.1 Å². The molecule has 15 heavy (non-hydrogen) atoms. The van der Waals surface area contributed by atoms with Crippen molar-refractivity contribution in [2.24, 2.45) is 11.7 Å². The maximum atomic E-state index is 10.9. The summed E-state index contributed by atoms with van der Waals surface area (Å²) >= 11 is 5.79. The highest BCUT2D eigenvalue weighted by atomic mass is 35.5. The van der Waals surface area contributed by atoms with Gasteiger partial charge in [0, 0.05) is 16.6 Å². The second kappa shape index (κ2) is 3.72. The average Bonchev–Trinajstić information content (AvgIpc) is 2.17. The van der Waals surface area contributed by atoms with E-state index in [4.69, 9.17) is 27.2 Å². The third-order valence-electron chi connectivity index (χ3n) is 2.50. The molecule has 1 aromatic rings. The standard InChI is InChI=1S/C10H10ClNO3/c11-5-1-2-6-8(3-5)15-4-7(9(6)12)10(13)14/h1-3,7,9H,4,12H2,(H,13,14). The zero-order valence-electron chi connectivity index (χ0n) is 7.81. The summed E-state index contributed by atoms with van der Waals surface area (Å²) in [6.45, 7) is 0.0871. The average molecular weight is 228 g/mol. The lowest BCUT2D eigenvalue weighted by molar-refractivity contribution is -0.144. The van der Waals surface area contributed by atoms with Crippen LogP contribution in [0.1, 0.15) is 11.6 Å². The van der Waals surface area contributed by atoms with E-state index in [1.165, 1.54) is 0 Å². The first-order valence-electron chi connectivity index (χ1n) is 4.50. The highest BCUT2D eigenvalue weighted by Gasteiger charge is 2.33. The predicted molar refractivity (Wildman–Crippen MR) is 55.0 cm³/mol. The van der Waals surface area contributed by atoms with Gasteiger partial charge >= 0.3 is 5.97 Å². The van der Waals surface area contributed by atoms with Crippen LogP contribution >= 0.6 is 11.6 Å². The quantitative estimate of drug-likeness (QED) is 0.761. The van der Waals surface area contributed by atoms with Crippen LogP contribution in [0.4, 0.5) is 0 Å². The van der Waals surface area contributed by atoms with E-state index in [0.717, 1.165) is 0 Å². The largest absolute Gasteiger partial charge is 0.492 e. The first kappa shape index (κ1) is 10.3. The normalized spacial score (nSPS) is 24.1. The Balaban J connectivity index is 2.38. The number of aliphatic carboxylic acids is 1. The molecule has 0 saturated heterocycles. The van der Waals surface area contributed by atoms with Crippen LogP contribution in [0.5, 0.6) is 5.75 Å². The highest BCUT2D eigenvalue weighted by molar-refractivity contribution is 6.30. The Morgan fingerprint density at radius 1 is 1.60 bits per heavy atom. The van der Waals surface area contributed by atoms with Gasteiger partial charge in [-0.1, -0.05) is 17.7 Å². The molecule has 0 bridgehead atoms. The number of carboxylic acid groups (broad SMARTS) is 1. The molecule has 1 aliphatic heterocycles. The van der Waals surface area contributed by atoms with Gasteiger partial charge in [-0.25, -0.2) is 0 Å². The van der Waals surface area contributed by atoms with Gasteiger partial charge in [0.2, 0.25) is 0 Å². The number of nitrogens with two attached hydrogens (primary N) is 1. The van der Waals surface area contributed by atoms with Crippen LogP contribution in [0.2, 0.25) is 5.02 Å². The number of rotatable bonds is 1. The van der Waals surface area contributed by atoms with Gasteiger partial charge in [0.05, 0.1) is 0 Å². The zero-order valence-corrected chi connectivity index (χ0v) is 8.57. The highest BCUT2D eigenvalue weighted by Crippen LogP contribution is 2.35. The smallest absolute Gasteiger partial charge is 0.311 e. The van der Waals surface area contributed by atoms with Crippen LogP contribution in [0, 0.1) is 5.92 Å². The maximum Gasteiger partial charge on any atom is 0.311 e. The third kappa shape index (κ3) is 1.78. The molecule has 0 fully saturated rings. The number of carboxylic acids is 1. The molecule has 0 saturated carbocycles. The SMILES string of the molecule is NC1c2ccc(Cl)cc2OCC1C(=O)O. The fraction of sp³-hybridized carbons (Fsp3) is 0.300. The molecule has 0 aromatic heterocycles. The van der Waals surface area contributed by atoms with Crippen LogP contribution in [-0.2, 0) is 4.79 Å². The molecule has 0 spiro atoms. The lowest BCUT2D eigenvalue weighted by Crippen LogP contribution is -2.36. The Labute approximate surface area is 91.6 Å². The molecule has 4 nitrogen and oxygen atoms in total. The molecule has 1 aliphatic rings. The van der Waals surface area contributed by atoms with Crippen LogP contribution in [0.3, 0.4) is 0 Å². The molecule has 2 rings (SSSR count). The predicted octanol–water partition coefficient (Wildman–Crippen LogP) is 1.43. The summed E-state index contributed by atoms with van der Waals surface area (Å²) < 4.78 is 5.30. The van der Waals surface area contributed by atoms with Gasteiger partial charge in [0.1, 0.15) is 18.3 Å². The molecule has 0 amide bonds. The molecule has 80 valence electrons. The molecule has 2 atom stereocenters. The molecular weight excluding hydrogens is 218 g/mol. The number of benzene rings is 1. The number of ether oxygens (including phenoxy) is 1. The zero-order chi connectivity index (χ0) is 11.0. The van der Waals surface area contributed by atoms with E-state index in [2.05, 4.69) is 0 Å². The number of fused-ring (bicyclic) bond motifs is 1. The van der Waals surface area contributed by atoms with Crippen LogP contribution < -0.4 is 10.5 Å². The van der Waals surface area contributed by atoms with Crippen LogP contribution in [0.25, 0.3) is 0 Å². The summed E-state index contributed by atoms with van der Waals surface area (Å²) in [4.78, 5) is 10.9. The molecule has 3 N–H and O–H groups in total. The van der Waals surface area contributed by atoms with Crippen molar-refractivity contribution in [1.82, 2.24) is 0 Å². The molecular formula is C10H10ClNO3. The maximum absolute atomic E-state index is 10.9. The van der Waals surface area contributed by atoms with Gasteiger partial charge < -0.3 is 15.6 Å². The molecule has 5 heteroatoms. The monoisotopic (exact) mass is 227 g/mol. The Kier molecular flexibility index (Phi) is 2.54. The molecule has 0 aliphatic carbocycles. The lowest BCUT2D eigenvalue weighted by Gasteiger charge is -2.28. The lowest BCUT2D eigenvalue weighted by atomic mass is 9.91. The molecule has 0 radical (unpaired) electrons. The van der Waals surface area contributed by atoms with E-state index < -0.39 is 17.9 Å². The van der Waals surface area contributed by atoms with Crippen molar-refractivity contribution in [3.05, 3.63) is 28.8 Å². The topological polar surface area (TPSA) is 72.5 Å². The van der Waals surface area contributed by atoms with E-state index in [0.29, 0.717) is 16.3 Å². The van der Waals surface area contributed by atoms with Crippen molar-refractivity contribution in [3.8, 4) is 5.75 Å². The Morgan fingerprint density at radius 2 is 2.33 bits per heavy atom. The van der Waals surface area contributed by atoms with Gasteiger partial charge in [-0.2, -0.15) is 0 Å². The first-order chi connectivity index (χ1) is 7.09. The van der Waals surface area contributed by atoms with E-state index >= 15 is 0 Å². The van der Waals surface area contributed by atoms with Crippen molar-refractivity contribution >= 4 is 17.6 Å². The minimum absolute atomic E-state index is 0.0871. The van der Waals surface area contributed by atoms with E-state index in [-0.39, 0.29) is 6.61 Å². The Bertz CT molecular complexity index is 408. The fourth-order valence-electron chi connectivity index (χ4n) is 1.63. The number of halogens is 1. The Morgan fingerprint density at radius 3 is 3.00 bits per heavy atom. The van der Waals surface area contributed by atoms with Gasteiger partial charge in [-0.3, -0.25) is 4.79 Å². The van der Waals surface area contributed by atoms with Crippen LogP contribution in [-0.4, -0.2) is 17.7 Å². The minimum atomic E-state index is -0.942. The Hall–Kier alpha value is -1.26. The second-order valence-electron chi connectivity index (χ2n) is 3.46. The molecule has 2 unspecified atom stereocenters. The second-order valence-corrected chi connectivity index (χ2v) is 3.90. The summed E-state index contributed by atoms with van der Waals surface area (Å²) in [5, 5.41) is 9.45. The molecule has 1 aromatic carbocycles. The van der Waals surface area contributed by atoms with Crippen molar-refractivity contribution in [2.45, 2.75) is 6.04 Å². The fourth-order valence-corrected chi connectivity index (χ4v) is 1.80. The third-order valence-corrected chi connectivity index (χ3v) is 2.74. The first-order valence-corrected chi connectivity index (χ1v) is 4.88. The summed E-state index contributed by atoms with van der Waals surface area (Å²) in [6.07, 6.45) is 0.